The van der Waals surface area contributed by atoms with Crippen molar-refractivity contribution in [2.45, 2.75) is 91.3 Å². The second-order valence-corrected chi connectivity index (χ2v) is 27.7. The van der Waals surface area contributed by atoms with Gasteiger partial charge in [0.2, 0.25) is 0 Å². The molecule has 0 amide bonds. The number of rotatable bonds is 13. The molecule has 0 fully saturated rings. The fraction of sp³-hybridized carbons (Fsp3) is 0.789. The van der Waals surface area contributed by atoms with E-state index in [1.165, 1.54) is 0 Å². The molecule has 0 rings (SSSR count). The maximum absolute atomic E-state index is 12.0. The quantitative estimate of drug-likeness (QED) is 0.217. The first-order valence-corrected chi connectivity index (χ1v) is 22.6. The maximum atomic E-state index is 12.0. The molecule has 0 saturated carbocycles. The van der Waals surface area contributed by atoms with Crippen LogP contribution in [-0.2, 0) is 26.7 Å². The van der Waals surface area contributed by atoms with Gasteiger partial charge in [0.05, 0.1) is 0 Å². The summed E-state index contributed by atoms with van der Waals surface area (Å²) in [5.41, 5.74) is 0. The molecule has 0 heterocycles. The second-order valence-electron chi connectivity index (χ2n) is 10.8. The van der Waals surface area contributed by atoms with Gasteiger partial charge in [0, 0.05) is 18.2 Å². The summed E-state index contributed by atoms with van der Waals surface area (Å²) in [5.74, 6) is -1.79. The lowest BCUT2D eigenvalue weighted by Gasteiger charge is -2.43. The van der Waals surface area contributed by atoms with Crippen LogP contribution in [0.15, 0.2) is 12.2 Å². The van der Waals surface area contributed by atoms with Crippen LogP contribution in [0.3, 0.4) is 0 Å². The molecule has 0 aliphatic carbocycles. The smallest absolute Gasteiger partial charge is 0.469 e. The number of carbonyl (C=O) groups is 2. The minimum atomic E-state index is -3.02. The minimum Gasteiger partial charge on any atom is -0.478 e. The van der Waals surface area contributed by atoms with Crippen molar-refractivity contribution in [1.82, 2.24) is 0 Å². The summed E-state index contributed by atoms with van der Waals surface area (Å²) < 4.78 is 25.5. The van der Waals surface area contributed by atoms with E-state index in [1.807, 2.05) is 13.8 Å². The summed E-state index contributed by atoms with van der Waals surface area (Å²) in [7, 11) is -8.95. The Kier molecular flexibility index (Phi) is 11.1. The van der Waals surface area contributed by atoms with Gasteiger partial charge in [-0.1, -0.05) is 13.8 Å². The van der Waals surface area contributed by atoms with E-state index in [0.29, 0.717) is 12.5 Å². The largest absolute Gasteiger partial charge is 0.478 e. The molecule has 0 aromatic heterocycles. The third kappa shape index (κ3) is 14.4. The molecule has 1 N–H and O–H groups in total. The topological polar surface area (TPSA) is 91.3 Å². The van der Waals surface area contributed by atoms with Gasteiger partial charge in [-0.15, -0.1) is 0 Å². The van der Waals surface area contributed by atoms with Crippen molar-refractivity contribution in [2.75, 3.05) is 0 Å². The van der Waals surface area contributed by atoms with Gasteiger partial charge in [0.1, 0.15) is 6.10 Å². The molecule has 176 valence electrons. The normalized spacial score (nSPS) is 14.9. The standard InChI is InChI=1S/C19H42O7Si4/c1-16(2)17(23-19(22)13-12-18(20)21)14-15-30(24-27(3,4)5,25-28(6,7)8)26-29(9,10)11/h12-13,16-17H,14-15H2,1-11H3,(H,20,21). The van der Waals surface area contributed by atoms with E-state index in [-0.39, 0.29) is 12.0 Å². The highest BCUT2D eigenvalue weighted by molar-refractivity contribution is 6.90. The number of esters is 1. The summed E-state index contributed by atoms with van der Waals surface area (Å²) in [6.45, 7) is 23.1. The first kappa shape index (κ1) is 29.4. The van der Waals surface area contributed by atoms with E-state index in [0.717, 1.165) is 12.2 Å². The van der Waals surface area contributed by atoms with Crippen LogP contribution in [0.2, 0.25) is 65.0 Å². The molecule has 0 aromatic rings. The Morgan fingerprint density at radius 3 is 1.50 bits per heavy atom. The first-order chi connectivity index (χ1) is 13.2. The molecule has 0 bridgehead atoms. The van der Waals surface area contributed by atoms with Crippen molar-refractivity contribution in [3.8, 4) is 0 Å². The zero-order valence-corrected chi connectivity index (χ0v) is 24.6. The SMILES string of the molecule is CC(C)C(CC[Si](O[Si](C)(C)C)(O[Si](C)(C)C)O[Si](C)(C)C)OC(=O)C=CC(=O)O. The molecule has 1 unspecified atom stereocenters. The van der Waals surface area contributed by atoms with Crippen LogP contribution in [0.4, 0.5) is 0 Å². The van der Waals surface area contributed by atoms with Crippen LogP contribution in [0.5, 0.6) is 0 Å². The van der Waals surface area contributed by atoms with Crippen molar-refractivity contribution in [2.24, 2.45) is 5.92 Å². The molecule has 0 saturated heterocycles. The van der Waals surface area contributed by atoms with Crippen LogP contribution in [0, 0.1) is 5.92 Å². The Bertz CT molecular complexity index is 561. The third-order valence-electron chi connectivity index (χ3n) is 3.49. The van der Waals surface area contributed by atoms with E-state index < -0.39 is 45.7 Å². The number of carboxylic acid groups (broad SMARTS) is 1. The highest BCUT2D eigenvalue weighted by Crippen LogP contribution is 2.31. The number of ether oxygens (including phenoxy) is 1. The Morgan fingerprint density at radius 2 is 1.20 bits per heavy atom. The molecule has 0 aliphatic rings. The lowest BCUT2D eigenvalue weighted by Crippen LogP contribution is -2.60. The Labute approximate surface area is 186 Å². The average molecular weight is 495 g/mol. The number of carbonyl (C=O) groups excluding carboxylic acids is 1. The number of carboxylic acids is 1. The summed E-state index contributed by atoms with van der Waals surface area (Å²) in [4.78, 5) is 22.7. The van der Waals surface area contributed by atoms with Crippen molar-refractivity contribution in [3.05, 3.63) is 12.2 Å². The van der Waals surface area contributed by atoms with E-state index >= 15 is 0 Å². The van der Waals surface area contributed by atoms with Crippen LogP contribution < -0.4 is 0 Å². The van der Waals surface area contributed by atoms with Gasteiger partial charge in [-0.05, 0) is 71.3 Å². The van der Waals surface area contributed by atoms with E-state index in [1.54, 1.807) is 0 Å². The summed E-state index contributed by atoms with van der Waals surface area (Å²) in [6.07, 6.45) is 1.88. The molecule has 7 nitrogen and oxygen atoms in total. The molecule has 11 heteroatoms. The van der Waals surface area contributed by atoms with Gasteiger partial charge >= 0.3 is 20.7 Å². The van der Waals surface area contributed by atoms with Gasteiger partial charge in [0.15, 0.2) is 25.0 Å². The van der Waals surface area contributed by atoms with Crippen LogP contribution in [-0.4, -0.2) is 56.9 Å². The zero-order chi connectivity index (χ0) is 24.0. The molecular formula is C19H42O7Si4. The fourth-order valence-electron chi connectivity index (χ4n) is 2.79. The number of hydrogen-bond acceptors (Lipinski definition) is 6. The molecule has 30 heavy (non-hydrogen) atoms. The summed E-state index contributed by atoms with van der Waals surface area (Å²) in [6, 6.07) is 0.560. The van der Waals surface area contributed by atoms with E-state index in [4.69, 9.17) is 22.2 Å². The van der Waals surface area contributed by atoms with Crippen molar-refractivity contribution in [1.29, 1.82) is 0 Å². The van der Waals surface area contributed by atoms with Crippen molar-refractivity contribution < 1.29 is 31.8 Å². The molecular weight excluding hydrogens is 453 g/mol. The van der Waals surface area contributed by atoms with Crippen LogP contribution in [0.1, 0.15) is 20.3 Å². The van der Waals surface area contributed by atoms with Gasteiger partial charge in [-0.3, -0.25) is 0 Å². The predicted molar refractivity (Wildman–Crippen MR) is 130 cm³/mol. The van der Waals surface area contributed by atoms with Crippen molar-refractivity contribution in [3.63, 3.8) is 0 Å². The third-order valence-corrected chi connectivity index (χ3v) is 15.5. The monoisotopic (exact) mass is 494 g/mol. The lowest BCUT2D eigenvalue weighted by molar-refractivity contribution is -0.145. The first-order valence-electron chi connectivity index (χ1n) is 10.5. The maximum Gasteiger partial charge on any atom is 0.469 e. The Balaban J connectivity index is 5.75. The van der Waals surface area contributed by atoms with Crippen LogP contribution in [0.25, 0.3) is 0 Å². The Morgan fingerprint density at radius 1 is 0.800 bits per heavy atom. The summed E-state index contributed by atoms with van der Waals surface area (Å²) >= 11 is 0. The predicted octanol–water partition coefficient (Wildman–Crippen LogP) is 5.08. The fourth-order valence-corrected chi connectivity index (χ4v) is 17.5. The van der Waals surface area contributed by atoms with E-state index in [2.05, 4.69) is 58.9 Å². The molecule has 0 radical (unpaired) electrons. The van der Waals surface area contributed by atoms with Crippen molar-refractivity contribution >= 4 is 45.7 Å². The van der Waals surface area contributed by atoms with Crippen LogP contribution >= 0.6 is 0 Å². The highest BCUT2D eigenvalue weighted by atomic mass is 28.5. The average Bonchev–Trinajstić information content (AvgIpc) is 2.43. The number of hydrogen-bond donors (Lipinski definition) is 1. The van der Waals surface area contributed by atoms with Gasteiger partial charge in [0.25, 0.3) is 0 Å². The molecule has 0 spiro atoms. The zero-order valence-electron chi connectivity index (χ0n) is 20.6. The molecule has 0 aliphatic heterocycles. The minimum absolute atomic E-state index is 0.0597. The molecule has 0 aromatic carbocycles. The summed E-state index contributed by atoms with van der Waals surface area (Å²) in [5, 5.41) is 8.71. The van der Waals surface area contributed by atoms with E-state index in [9.17, 15) is 9.59 Å². The van der Waals surface area contributed by atoms with Gasteiger partial charge in [-0.25, -0.2) is 9.59 Å². The highest BCUT2D eigenvalue weighted by Gasteiger charge is 2.50. The Hall–Kier alpha value is -0.572. The van der Waals surface area contributed by atoms with Gasteiger partial charge < -0.3 is 22.2 Å². The second kappa shape index (κ2) is 11.3. The van der Waals surface area contributed by atoms with Gasteiger partial charge in [-0.2, -0.15) is 0 Å². The number of aliphatic carboxylic acids is 1. The lowest BCUT2D eigenvalue weighted by atomic mass is 10.1. The molecule has 1 atom stereocenters.